The number of rotatable bonds is 9. The molecule has 0 radical (unpaired) electrons. The van der Waals surface area contributed by atoms with Crippen LogP contribution in [0.25, 0.3) is 0 Å². The summed E-state index contributed by atoms with van der Waals surface area (Å²) in [4.78, 5) is 16.0. The van der Waals surface area contributed by atoms with E-state index >= 15 is 0 Å². The molecule has 1 unspecified atom stereocenters. The first-order valence-electron chi connectivity index (χ1n) is 8.00. The number of nitrogens with one attached hydrogen (secondary N) is 1. The smallest absolute Gasteiger partial charge is 0.239 e. The molecule has 1 atom stereocenters. The van der Waals surface area contributed by atoms with Crippen molar-refractivity contribution in [2.75, 3.05) is 20.3 Å². The standard InChI is InChI=1S/C18H23N3O4.2ClH/c1-3-24-14-4-6-15(7-5-14)25-17-10-13(8-9-20-17)11-21-18(22)16(19)12-23-2;;/h4-10,16H,3,11-12,19H2,1-2H3,(H,21,22);2*1H. The maximum atomic E-state index is 11.8. The number of nitrogens with two attached hydrogens (primary N) is 1. The van der Waals surface area contributed by atoms with Gasteiger partial charge in [-0.25, -0.2) is 4.98 Å². The van der Waals surface area contributed by atoms with E-state index in [1.165, 1.54) is 7.11 Å². The molecule has 3 N–H and O–H groups in total. The topological polar surface area (TPSA) is 95.7 Å². The minimum atomic E-state index is -0.689. The fraction of sp³-hybridized carbons (Fsp3) is 0.333. The van der Waals surface area contributed by atoms with Gasteiger partial charge >= 0.3 is 0 Å². The highest BCUT2D eigenvalue weighted by molar-refractivity contribution is 5.85. The molecule has 1 aromatic carbocycles. The van der Waals surface area contributed by atoms with Crippen molar-refractivity contribution in [1.29, 1.82) is 0 Å². The van der Waals surface area contributed by atoms with Gasteiger partial charge in [0.05, 0.1) is 13.2 Å². The summed E-state index contributed by atoms with van der Waals surface area (Å²) in [5.74, 6) is 1.61. The zero-order valence-electron chi connectivity index (χ0n) is 15.2. The molecule has 9 heteroatoms. The molecule has 0 saturated carbocycles. The summed E-state index contributed by atoms with van der Waals surface area (Å²) >= 11 is 0. The van der Waals surface area contributed by atoms with E-state index in [0.29, 0.717) is 24.8 Å². The maximum absolute atomic E-state index is 11.8. The van der Waals surface area contributed by atoms with Crippen LogP contribution < -0.4 is 20.5 Å². The lowest BCUT2D eigenvalue weighted by atomic mass is 10.2. The zero-order chi connectivity index (χ0) is 18.1. The molecule has 0 fully saturated rings. The molecule has 1 amide bonds. The van der Waals surface area contributed by atoms with Gasteiger partial charge in [0, 0.05) is 25.9 Å². The Morgan fingerprint density at radius 2 is 1.85 bits per heavy atom. The lowest BCUT2D eigenvalue weighted by molar-refractivity contribution is -0.123. The van der Waals surface area contributed by atoms with Gasteiger partial charge in [0.1, 0.15) is 17.5 Å². The summed E-state index contributed by atoms with van der Waals surface area (Å²) in [5.41, 5.74) is 6.53. The van der Waals surface area contributed by atoms with Crippen LogP contribution in [0.15, 0.2) is 42.6 Å². The van der Waals surface area contributed by atoms with Gasteiger partial charge < -0.3 is 25.3 Å². The van der Waals surface area contributed by atoms with Crippen LogP contribution in [0.1, 0.15) is 12.5 Å². The monoisotopic (exact) mass is 417 g/mol. The van der Waals surface area contributed by atoms with Gasteiger partial charge in [0.15, 0.2) is 0 Å². The quantitative estimate of drug-likeness (QED) is 0.650. The van der Waals surface area contributed by atoms with Crippen LogP contribution in [0, 0.1) is 0 Å². The van der Waals surface area contributed by atoms with Crippen molar-refractivity contribution >= 4 is 30.7 Å². The summed E-state index contributed by atoms with van der Waals surface area (Å²) in [5, 5.41) is 2.75. The Morgan fingerprint density at radius 1 is 1.19 bits per heavy atom. The molecular formula is C18H25Cl2N3O4. The number of amides is 1. The maximum Gasteiger partial charge on any atom is 0.239 e. The second-order valence-electron chi connectivity index (χ2n) is 5.29. The van der Waals surface area contributed by atoms with Gasteiger partial charge in [-0.3, -0.25) is 4.79 Å². The van der Waals surface area contributed by atoms with Crippen LogP contribution in [-0.4, -0.2) is 37.3 Å². The fourth-order valence-corrected chi connectivity index (χ4v) is 2.08. The molecule has 0 spiro atoms. The highest BCUT2D eigenvalue weighted by Crippen LogP contribution is 2.23. The number of carbonyl (C=O) groups is 1. The largest absolute Gasteiger partial charge is 0.494 e. The van der Waals surface area contributed by atoms with Crippen LogP contribution in [0.5, 0.6) is 17.4 Å². The van der Waals surface area contributed by atoms with E-state index < -0.39 is 6.04 Å². The van der Waals surface area contributed by atoms with Crippen molar-refractivity contribution in [3.8, 4) is 17.4 Å². The van der Waals surface area contributed by atoms with E-state index in [1.54, 1.807) is 18.3 Å². The summed E-state index contributed by atoms with van der Waals surface area (Å²) in [7, 11) is 1.50. The Morgan fingerprint density at radius 3 is 2.48 bits per heavy atom. The first kappa shape index (κ1) is 24.9. The van der Waals surface area contributed by atoms with Gasteiger partial charge in [0.25, 0.3) is 0 Å². The van der Waals surface area contributed by atoms with Crippen LogP contribution in [0.2, 0.25) is 0 Å². The summed E-state index contributed by atoms with van der Waals surface area (Å²) < 4.78 is 16.0. The van der Waals surface area contributed by atoms with Crippen molar-refractivity contribution in [2.24, 2.45) is 5.73 Å². The second-order valence-corrected chi connectivity index (χ2v) is 5.29. The second kappa shape index (κ2) is 13.2. The lowest BCUT2D eigenvalue weighted by Crippen LogP contribution is -2.43. The normalized spacial score (nSPS) is 10.8. The molecule has 0 aliphatic heterocycles. The van der Waals surface area contributed by atoms with Gasteiger partial charge in [-0.15, -0.1) is 24.8 Å². The van der Waals surface area contributed by atoms with E-state index in [4.69, 9.17) is 19.9 Å². The third-order valence-electron chi connectivity index (χ3n) is 3.31. The number of benzene rings is 1. The molecule has 2 aromatic rings. The number of halogens is 2. The first-order valence-corrected chi connectivity index (χ1v) is 8.00. The molecule has 1 heterocycles. The van der Waals surface area contributed by atoms with Crippen molar-refractivity contribution in [2.45, 2.75) is 19.5 Å². The van der Waals surface area contributed by atoms with Crippen molar-refractivity contribution in [3.05, 3.63) is 48.2 Å². The third-order valence-corrected chi connectivity index (χ3v) is 3.31. The summed E-state index contributed by atoms with van der Waals surface area (Å²) in [6.07, 6.45) is 1.63. The van der Waals surface area contributed by atoms with E-state index in [1.807, 2.05) is 31.2 Å². The lowest BCUT2D eigenvalue weighted by Gasteiger charge is -2.12. The molecule has 1 aromatic heterocycles. The molecule has 2 rings (SSSR count). The van der Waals surface area contributed by atoms with E-state index in [-0.39, 0.29) is 37.3 Å². The number of hydrogen-bond acceptors (Lipinski definition) is 6. The number of nitrogens with zero attached hydrogens (tertiary/aromatic N) is 1. The highest BCUT2D eigenvalue weighted by Gasteiger charge is 2.12. The van der Waals surface area contributed by atoms with Gasteiger partial charge in [-0.2, -0.15) is 0 Å². The van der Waals surface area contributed by atoms with Crippen LogP contribution in [0.3, 0.4) is 0 Å². The Hall–Kier alpha value is -2.06. The molecule has 7 nitrogen and oxygen atoms in total. The van der Waals surface area contributed by atoms with Gasteiger partial charge in [0.2, 0.25) is 11.8 Å². The Bertz CT molecular complexity index is 687. The molecule has 0 bridgehead atoms. The third kappa shape index (κ3) is 8.45. The molecule has 150 valence electrons. The number of pyridine rings is 1. The SMILES string of the molecule is CCOc1ccc(Oc2cc(CNC(=O)C(N)COC)ccn2)cc1.Cl.Cl. The molecular weight excluding hydrogens is 393 g/mol. The fourth-order valence-electron chi connectivity index (χ4n) is 2.08. The zero-order valence-corrected chi connectivity index (χ0v) is 16.8. The first-order chi connectivity index (χ1) is 12.1. The molecule has 0 aliphatic carbocycles. The van der Waals surface area contributed by atoms with E-state index in [2.05, 4.69) is 10.3 Å². The minimum Gasteiger partial charge on any atom is -0.494 e. The predicted molar refractivity (Wildman–Crippen MR) is 108 cm³/mol. The highest BCUT2D eigenvalue weighted by atomic mass is 35.5. The summed E-state index contributed by atoms with van der Waals surface area (Å²) in [6.45, 7) is 3.05. The van der Waals surface area contributed by atoms with Gasteiger partial charge in [-0.1, -0.05) is 0 Å². The van der Waals surface area contributed by atoms with Crippen LogP contribution >= 0.6 is 24.8 Å². The van der Waals surface area contributed by atoms with Crippen molar-refractivity contribution in [1.82, 2.24) is 10.3 Å². The molecule has 0 aliphatic rings. The number of methoxy groups -OCH3 is 1. The average molecular weight is 418 g/mol. The Labute approximate surface area is 171 Å². The van der Waals surface area contributed by atoms with Crippen LogP contribution in [-0.2, 0) is 16.1 Å². The van der Waals surface area contributed by atoms with Crippen molar-refractivity contribution in [3.63, 3.8) is 0 Å². The Kier molecular flexibility index (Phi) is 12.2. The van der Waals surface area contributed by atoms with E-state index in [0.717, 1.165) is 11.3 Å². The minimum absolute atomic E-state index is 0. The van der Waals surface area contributed by atoms with Crippen LogP contribution in [0.4, 0.5) is 0 Å². The number of ether oxygens (including phenoxy) is 3. The van der Waals surface area contributed by atoms with E-state index in [9.17, 15) is 4.79 Å². The predicted octanol–water partition coefficient (Wildman–Crippen LogP) is 2.71. The number of hydrogen-bond donors (Lipinski definition) is 2. The summed E-state index contributed by atoms with van der Waals surface area (Å²) in [6, 6.07) is 10.2. The van der Waals surface area contributed by atoms with Gasteiger partial charge in [-0.05, 0) is 42.8 Å². The molecule has 0 saturated heterocycles. The Balaban J connectivity index is 0.00000338. The number of carbonyl (C=O) groups excluding carboxylic acids is 1. The average Bonchev–Trinajstić information content (AvgIpc) is 2.62. The van der Waals surface area contributed by atoms with Crippen molar-refractivity contribution < 1.29 is 19.0 Å². The number of aromatic nitrogens is 1. The molecule has 27 heavy (non-hydrogen) atoms.